The van der Waals surface area contributed by atoms with Crippen LogP contribution in [0, 0.1) is 0 Å². The summed E-state index contributed by atoms with van der Waals surface area (Å²) in [6.45, 7) is 0. The molecule has 0 spiro atoms. The Kier molecular flexibility index (Phi) is 6.20. The molecule has 0 atom stereocenters. The summed E-state index contributed by atoms with van der Waals surface area (Å²) in [5, 5.41) is 5.31. The van der Waals surface area contributed by atoms with Gasteiger partial charge in [-0.05, 0) is 36.4 Å². The zero-order valence-corrected chi connectivity index (χ0v) is 14.8. The Morgan fingerprint density at radius 2 is 1.62 bits per heavy atom. The number of ether oxygens (including phenoxy) is 2. The highest BCUT2D eigenvalue weighted by atomic mass is 79.9. The van der Waals surface area contributed by atoms with Crippen LogP contribution in [0.25, 0.3) is 0 Å². The highest BCUT2D eigenvalue weighted by Crippen LogP contribution is 2.28. The monoisotopic (exact) mass is 392 g/mol. The molecule has 24 heavy (non-hydrogen) atoms. The Balaban J connectivity index is 1.97. The van der Waals surface area contributed by atoms with E-state index in [-0.39, 0.29) is 6.42 Å². The molecule has 0 fully saturated rings. The van der Waals surface area contributed by atoms with E-state index in [2.05, 4.69) is 26.6 Å². The highest BCUT2D eigenvalue weighted by Gasteiger charge is 2.13. The van der Waals surface area contributed by atoms with Crippen LogP contribution < -0.4 is 20.1 Å². The number of nitrogens with one attached hydrogen (secondary N) is 2. The second kappa shape index (κ2) is 8.35. The number of anilines is 2. The van der Waals surface area contributed by atoms with E-state index in [1.54, 1.807) is 42.5 Å². The van der Waals surface area contributed by atoms with Gasteiger partial charge in [0, 0.05) is 16.2 Å². The molecule has 2 amide bonds. The Bertz CT molecular complexity index is 732. The van der Waals surface area contributed by atoms with Gasteiger partial charge < -0.3 is 20.1 Å². The van der Waals surface area contributed by atoms with Crippen molar-refractivity contribution in [2.45, 2.75) is 6.42 Å². The van der Waals surface area contributed by atoms with Gasteiger partial charge in [-0.1, -0.05) is 15.9 Å². The molecule has 0 aromatic heterocycles. The van der Waals surface area contributed by atoms with Crippen LogP contribution in [-0.2, 0) is 9.59 Å². The molecule has 0 heterocycles. The first-order valence-corrected chi connectivity index (χ1v) is 7.88. The average Bonchev–Trinajstić information content (AvgIpc) is 2.56. The van der Waals surface area contributed by atoms with E-state index < -0.39 is 11.8 Å². The second-order valence-electron chi connectivity index (χ2n) is 4.85. The number of benzene rings is 2. The predicted molar refractivity (Wildman–Crippen MR) is 95.6 cm³/mol. The molecule has 2 aromatic carbocycles. The van der Waals surface area contributed by atoms with Gasteiger partial charge in [0.05, 0.1) is 19.9 Å². The van der Waals surface area contributed by atoms with E-state index in [1.165, 1.54) is 14.2 Å². The normalized spacial score (nSPS) is 9.96. The van der Waals surface area contributed by atoms with Crippen LogP contribution in [0.2, 0.25) is 0 Å². The van der Waals surface area contributed by atoms with Crippen molar-refractivity contribution in [1.29, 1.82) is 0 Å². The lowest BCUT2D eigenvalue weighted by Gasteiger charge is -2.12. The molecule has 2 N–H and O–H groups in total. The minimum absolute atomic E-state index is 0.309. The summed E-state index contributed by atoms with van der Waals surface area (Å²) in [5.41, 5.74) is 1.06. The first kappa shape index (κ1) is 17.8. The predicted octanol–water partition coefficient (Wildman–Crippen LogP) is 3.43. The molecular formula is C17H17BrN2O4. The molecule has 0 unspecified atom stereocenters. The lowest BCUT2D eigenvalue weighted by Crippen LogP contribution is -2.21. The van der Waals surface area contributed by atoms with Crippen molar-refractivity contribution in [3.05, 3.63) is 46.9 Å². The van der Waals surface area contributed by atoms with Gasteiger partial charge in [0.2, 0.25) is 11.8 Å². The fourth-order valence-corrected chi connectivity index (χ4v) is 2.25. The van der Waals surface area contributed by atoms with Crippen LogP contribution in [0.3, 0.4) is 0 Å². The summed E-state index contributed by atoms with van der Waals surface area (Å²) in [5.74, 6) is 0.204. The maximum Gasteiger partial charge on any atom is 0.233 e. The number of halogens is 1. The second-order valence-corrected chi connectivity index (χ2v) is 5.76. The van der Waals surface area contributed by atoms with Gasteiger partial charge in [-0.15, -0.1) is 0 Å². The van der Waals surface area contributed by atoms with Crippen LogP contribution in [-0.4, -0.2) is 26.0 Å². The van der Waals surface area contributed by atoms with Gasteiger partial charge in [0.25, 0.3) is 0 Å². The summed E-state index contributed by atoms with van der Waals surface area (Å²) in [7, 11) is 3.02. The van der Waals surface area contributed by atoms with Gasteiger partial charge in [0.15, 0.2) is 0 Å². The van der Waals surface area contributed by atoms with Crippen LogP contribution in [0.1, 0.15) is 6.42 Å². The number of amides is 2. The summed E-state index contributed by atoms with van der Waals surface area (Å²) in [6.07, 6.45) is -0.309. The van der Waals surface area contributed by atoms with Crippen LogP contribution in [0.15, 0.2) is 46.9 Å². The van der Waals surface area contributed by atoms with Crippen LogP contribution in [0.5, 0.6) is 11.5 Å². The van der Waals surface area contributed by atoms with Gasteiger partial charge in [-0.25, -0.2) is 0 Å². The fourth-order valence-electron chi connectivity index (χ4n) is 1.99. The number of carbonyl (C=O) groups excluding carboxylic acids is 2. The van der Waals surface area contributed by atoms with E-state index in [0.29, 0.717) is 22.9 Å². The summed E-state index contributed by atoms with van der Waals surface area (Å²) >= 11 is 3.32. The number of rotatable bonds is 6. The van der Waals surface area contributed by atoms with Gasteiger partial charge in [-0.3, -0.25) is 9.59 Å². The van der Waals surface area contributed by atoms with Crippen molar-refractivity contribution >= 4 is 39.1 Å². The maximum atomic E-state index is 12.1. The van der Waals surface area contributed by atoms with Gasteiger partial charge in [0.1, 0.15) is 17.9 Å². The molecule has 0 aliphatic carbocycles. The molecule has 0 aliphatic heterocycles. The maximum absolute atomic E-state index is 12.1. The first-order valence-electron chi connectivity index (χ1n) is 7.09. The fraction of sp³-hybridized carbons (Fsp3) is 0.176. The van der Waals surface area contributed by atoms with Crippen molar-refractivity contribution in [2.75, 3.05) is 24.9 Å². The van der Waals surface area contributed by atoms with Gasteiger partial charge in [-0.2, -0.15) is 0 Å². The van der Waals surface area contributed by atoms with Crippen LogP contribution in [0.4, 0.5) is 11.4 Å². The molecule has 6 nitrogen and oxygen atoms in total. The smallest absolute Gasteiger partial charge is 0.233 e. The SMILES string of the molecule is COc1ccc(OC)c(NC(=O)CC(=O)Nc2ccc(Br)cc2)c1. The van der Waals surface area contributed by atoms with E-state index in [4.69, 9.17) is 9.47 Å². The molecule has 7 heteroatoms. The zero-order chi connectivity index (χ0) is 17.5. The van der Waals surface area contributed by atoms with E-state index in [9.17, 15) is 9.59 Å². The minimum Gasteiger partial charge on any atom is -0.497 e. The largest absolute Gasteiger partial charge is 0.497 e. The molecule has 2 aromatic rings. The molecule has 0 bridgehead atoms. The van der Waals surface area contributed by atoms with Crippen molar-refractivity contribution in [3.63, 3.8) is 0 Å². The summed E-state index contributed by atoms with van der Waals surface area (Å²) < 4.78 is 11.2. The first-order chi connectivity index (χ1) is 11.5. The lowest BCUT2D eigenvalue weighted by molar-refractivity contribution is -0.123. The van der Waals surface area contributed by atoms with E-state index in [0.717, 1.165) is 4.47 Å². The number of hydrogen-bond acceptors (Lipinski definition) is 4. The topological polar surface area (TPSA) is 76.7 Å². The molecule has 0 saturated heterocycles. The quantitative estimate of drug-likeness (QED) is 0.738. The molecule has 0 aliphatic rings. The third kappa shape index (κ3) is 4.99. The Hall–Kier alpha value is -2.54. The lowest BCUT2D eigenvalue weighted by atomic mass is 10.2. The molecule has 126 valence electrons. The summed E-state index contributed by atoms with van der Waals surface area (Å²) in [4.78, 5) is 24.0. The molecular weight excluding hydrogens is 376 g/mol. The zero-order valence-electron chi connectivity index (χ0n) is 13.3. The third-order valence-electron chi connectivity index (χ3n) is 3.13. The number of carbonyl (C=O) groups is 2. The Morgan fingerprint density at radius 3 is 2.25 bits per heavy atom. The van der Waals surface area contributed by atoms with Crippen molar-refractivity contribution in [3.8, 4) is 11.5 Å². The average molecular weight is 393 g/mol. The van der Waals surface area contributed by atoms with Crippen molar-refractivity contribution in [1.82, 2.24) is 0 Å². The summed E-state index contributed by atoms with van der Waals surface area (Å²) in [6, 6.07) is 12.1. The molecule has 0 radical (unpaired) electrons. The van der Waals surface area contributed by atoms with E-state index in [1.807, 2.05) is 0 Å². The third-order valence-corrected chi connectivity index (χ3v) is 3.66. The standard InChI is InChI=1S/C17H17BrN2O4/c1-23-13-7-8-15(24-2)14(9-13)20-17(22)10-16(21)19-12-5-3-11(18)4-6-12/h3-9H,10H2,1-2H3,(H,19,21)(H,20,22). The van der Waals surface area contributed by atoms with Crippen molar-refractivity contribution in [2.24, 2.45) is 0 Å². The number of methoxy groups -OCH3 is 2. The molecule has 2 rings (SSSR count). The minimum atomic E-state index is -0.448. The van der Waals surface area contributed by atoms with Crippen LogP contribution >= 0.6 is 15.9 Å². The Morgan fingerprint density at radius 1 is 0.958 bits per heavy atom. The molecule has 0 saturated carbocycles. The number of hydrogen-bond donors (Lipinski definition) is 2. The highest BCUT2D eigenvalue weighted by molar-refractivity contribution is 9.10. The Labute approximate surface area is 148 Å². The van der Waals surface area contributed by atoms with Gasteiger partial charge >= 0.3 is 0 Å². The van der Waals surface area contributed by atoms with Crippen molar-refractivity contribution < 1.29 is 19.1 Å². The van der Waals surface area contributed by atoms with E-state index >= 15 is 0 Å².